The van der Waals surface area contributed by atoms with Crippen molar-refractivity contribution in [2.24, 2.45) is 4.99 Å². The number of fused-ring (bicyclic) bond motifs is 1. The quantitative estimate of drug-likeness (QED) is 0.499. The number of hydrogen-bond acceptors (Lipinski definition) is 4. The predicted molar refractivity (Wildman–Crippen MR) is 125 cm³/mol. The number of aliphatic imine (C=N–C) groups is 1. The summed E-state index contributed by atoms with van der Waals surface area (Å²) in [6, 6.07) is 10.2. The Balaban J connectivity index is 1.46. The molecule has 1 aromatic heterocycles. The molecule has 4 nitrogen and oxygen atoms in total. The van der Waals surface area contributed by atoms with Gasteiger partial charge in [-0.1, -0.05) is 19.6 Å². The van der Waals surface area contributed by atoms with Gasteiger partial charge in [-0.2, -0.15) is 0 Å². The van der Waals surface area contributed by atoms with Gasteiger partial charge in [-0.25, -0.2) is 0 Å². The lowest BCUT2D eigenvalue weighted by Gasteiger charge is -2.22. The number of rotatable bonds is 6. The molecule has 4 aliphatic heterocycles. The van der Waals surface area contributed by atoms with Crippen LogP contribution in [0, 0.1) is 13.8 Å². The molecule has 4 unspecified atom stereocenters. The van der Waals surface area contributed by atoms with E-state index in [4.69, 9.17) is 4.99 Å². The van der Waals surface area contributed by atoms with Crippen LogP contribution in [0.3, 0.4) is 0 Å². The van der Waals surface area contributed by atoms with E-state index in [1.54, 1.807) is 0 Å². The van der Waals surface area contributed by atoms with E-state index in [0.29, 0.717) is 6.17 Å². The fourth-order valence-corrected chi connectivity index (χ4v) is 4.82. The van der Waals surface area contributed by atoms with Gasteiger partial charge in [0.2, 0.25) is 0 Å². The third-order valence-corrected chi connectivity index (χ3v) is 7.08. The maximum atomic E-state index is 5.06. The lowest BCUT2D eigenvalue weighted by Crippen LogP contribution is -2.20. The third-order valence-electron chi connectivity index (χ3n) is 7.08. The summed E-state index contributed by atoms with van der Waals surface area (Å²) in [4.78, 5) is 14.5. The summed E-state index contributed by atoms with van der Waals surface area (Å²) in [6.07, 6.45) is 5.63. The van der Waals surface area contributed by atoms with Gasteiger partial charge in [0.15, 0.2) is 0 Å². The molecule has 2 bridgehead atoms. The molecule has 154 valence electrons. The minimum absolute atomic E-state index is 0.621. The molecule has 0 aliphatic carbocycles. The molecule has 4 saturated heterocycles. The summed E-state index contributed by atoms with van der Waals surface area (Å²) in [7, 11) is 0. The highest BCUT2D eigenvalue weighted by Gasteiger charge is 2.79. The van der Waals surface area contributed by atoms with E-state index in [1.165, 1.54) is 16.7 Å². The lowest BCUT2D eigenvalue weighted by atomic mass is 9.99. The second-order valence-electron chi connectivity index (χ2n) is 8.85. The smallest absolute Gasteiger partial charge is 0.100 e. The second kappa shape index (κ2) is 6.92. The Kier molecular flexibility index (Phi) is 4.44. The van der Waals surface area contributed by atoms with Crippen LogP contribution in [0.15, 0.2) is 47.6 Å². The number of allylic oxidation sites excluding steroid dienone is 1. The lowest BCUT2D eigenvalue weighted by molar-refractivity contribution is 0.442. The Morgan fingerprint density at radius 3 is 2.70 bits per heavy atom. The average Bonchev–Trinajstić information content (AvgIpc) is 3.55. The van der Waals surface area contributed by atoms with Crippen LogP contribution in [0.4, 0.5) is 5.69 Å². The SMILES string of the molecule is C=C(c1cc(CC)c(C)c(N=C(C)/C(C)=C/c2cccnc2C)c1)N1CC2C3C1N23. The molecular weight excluding hydrogens is 368 g/mol. The molecule has 5 heterocycles. The van der Waals surface area contributed by atoms with Crippen LogP contribution in [-0.2, 0) is 6.42 Å². The van der Waals surface area contributed by atoms with Gasteiger partial charge in [-0.15, -0.1) is 0 Å². The predicted octanol–water partition coefficient (Wildman–Crippen LogP) is 5.14. The van der Waals surface area contributed by atoms with Crippen molar-refractivity contribution in [3.8, 4) is 0 Å². The monoisotopic (exact) mass is 398 g/mol. The van der Waals surface area contributed by atoms with Crippen LogP contribution >= 0.6 is 0 Å². The van der Waals surface area contributed by atoms with Gasteiger partial charge in [0, 0.05) is 35.9 Å². The maximum absolute atomic E-state index is 5.06. The summed E-state index contributed by atoms with van der Waals surface area (Å²) < 4.78 is 0. The largest absolute Gasteiger partial charge is 0.353 e. The second-order valence-corrected chi connectivity index (χ2v) is 8.85. The van der Waals surface area contributed by atoms with Crippen molar-refractivity contribution >= 4 is 23.2 Å². The van der Waals surface area contributed by atoms with Crippen molar-refractivity contribution < 1.29 is 0 Å². The van der Waals surface area contributed by atoms with E-state index in [-0.39, 0.29) is 0 Å². The van der Waals surface area contributed by atoms with E-state index in [2.05, 4.69) is 73.3 Å². The molecule has 0 radical (unpaired) electrons. The number of hydrogen-bond donors (Lipinski definition) is 0. The van der Waals surface area contributed by atoms with Gasteiger partial charge in [0.05, 0.1) is 11.7 Å². The molecule has 6 rings (SSSR count). The maximum Gasteiger partial charge on any atom is 0.100 e. The number of pyridine rings is 1. The van der Waals surface area contributed by atoms with Gasteiger partial charge >= 0.3 is 0 Å². The van der Waals surface area contributed by atoms with E-state index in [1.807, 2.05) is 19.2 Å². The first kappa shape index (κ1) is 19.3. The van der Waals surface area contributed by atoms with Crippen molar-refractivity contribution in [3.05, 3.63) is 70.6 Å². The Morgan fingerprint density at radius 1 is 1.30 bits per heavy atom. The van der Waals surface area contributed by atoms with Crippen molar-refractivity contribution in [1.29, 1.82) is 0 Å². The highest BCUT2D eigenvalue weighted by atomic mass is 15.7. The first-order valence-corrected chi connectivity index (χ1v) is 10.9. The number of aromatic nitrogens is 1. The van der Waals surface area contributed by atoms with Crippen molar-refractivity contribution in [2.75, 3.05) is 6.54 Å². The summed E-state index contributed by atoms with van der Waals surface area (Å²) in [5.41, 5.74) is 10.4. The molecule has 4 heteroatoms. The van der Waals surface area contributed by atoms with Crippen LogP contribution in [0.25, 0.3) is 11.8 Å². The number of aryl methyl sites for hydroxylation is 2. The minimum Gasteiger partial charge on any atom is -0.353 e. The Hall–Kier alpha value is -2.72. The van der Waals surface area contributed by atoms with E-state index < -0.39 is 0 Å². The van der Waals surface area contributed by atoms with Crippen LogP contribution in [0.1, 0.15) is 48.7 Å². The molecule has 0 N–H and O–H groups in total. The van der Waals surface area contributed by atoms with E-state index in [9.17, 15) is 0 Å². The van der Waals surface area contributed by atoms with Gasteiger partial charge in [0.1, 0.15) is 6.17 Å². The highest BCUT2D eigenvalue weighted by Crippen LogP contribution is 2.61. The van der Waals surface area contributed by atoms with Crippen LogP contribution in [0.2, 0.25) is 0 Å². The van der Waals surface area contributed by atoms with Crippen LogP contribution in [0.5, 0.6) is 0 Å². The van der Waals surface area contributed by atoms with E-state index in [0.717, 1.165) is 59.0 Å². The summed E-state index contributed by atoms with van der Waals surface area (Å²) in [5.74, 6) is 0. The Labute approximate surface area is 179 Å². The van der Waals surface area contributed by atoms with Crippen molar-refractivity contribution in [2.45, 2.75) is 59.3 Å². The Bertz CT molecular complexity index is 1090. The third kappa shape index (κ3) is 3.02. The van der Waals surface area contributed by atoms with Crippen LogP contribution in [-0.4, -0.2) is 45.3 Å². The van der Waals surface area contributed by atoms with Crippen LogP contribution < -0.4 is 0 Å². The van der Waals surface area contributed by atoms with Gasteiger partial charge in [-0.3, -0.25) is 14.9 Å². The van der Waals surface area contributed by atoms with Crippen molar-refractivity contribution in [3.63, 3.8) is 0 Å². The minimum atomic E-state index is 0.621. The van der Waals surface area contributed by atoms with Crippen molar-refractivity contribution in [1.82, 2.24) is 14.8 Å². The zero-order chi connectivity index (χ0) is 21.2. The van der Waals surface area contributed by atoms with Gasteiger partial charge in [0.25, 0.3) is 0 Å². The molecule has 4 atom stereocenters. The fourth-order valence-electron chi connectivity index (χ4n) is 4.82. The molecule has 0 spiro atoms. The number of piperazine rings is 1. The topological polar surface area (TPSA) is 31.5 Å². The zero-order valence-corrected chi connectivity index (χ0v) is 18.6. The molecular formula is C26H30N4. The average molecular weight is 399 g/mol. The normalized spacial score (nSPS) is 26.6. The van der Waals surface area contributed by atoms with Gasteiger partial charge < -0.3 is 4.90 Å². The summed E-state index contributed by atoms with van der Waals surface area (Å²) >= 11 is 0. The number of benzene rings is 1. The fraction of sp³-hybridized carbons (Fsp3) is 0.385. The Morgan fingerprint density at radius 2 is 2.07 bits per heavy atom. The summed E-state index contributed by atoms with van der Waals surface area (Å²) in [5, 5.41) is 0. The highest BCUT2D eigenvalue weighted by molar-refractivity contribution is 6.03. The standard InChI is InChI=1S/C26H30N4/c1-7-20-12-22(19(6)29-14-24-25-26(29)30(24)25)13-23(16(20)3)28-17(4)15(2)11-21-9-8-10-27-18(21)5/h8-13,24-26H,6-7,14H2,1-5H3/b15-11+,28-17?. The molecule has 1 aromatic carbocycles. The first-order chi connectivity index (χ1) is 14.4. The molecule has 0 saturated carbocycles. The summed E-state index contributed by atoms with van der Waals surface area (Å²) in [6.45, 7) is 16.2. The van der Waals surface area contributed by atoms with Gasteiger partial charge in [-0.05, 0) is 86.2 Å². The zero-order valence-electron chi connectivity index (χ0n) is 18.6. The number of nitrogens with zero attached hydrogens (tertiary/aromatic N) is 4. The molecule has 4 aliphatic rings. The molecule has 30 heavy (non-hydrogen) atoms. The first-order valence-electron chi connectivity index (χ1n) is 10.9. The van der Waals surface area contributed by atoms with E-state index >= 15 is 0 Å². The molecule has 4 fully saturated rings. The molecule has 2 aromatic rings. The molecule has 0 amide bonds.